The number of nitrogens with zero attached hydrogens (tertiary/aromatic N) is 2. The van der Waals surface area contributed by atoms with E-state index in [0.29, 0.717) is 18.7 Å². The van der Waals surface area contributed by atoms with Crippen molar-refractivity contribution in [3.63, 3.8) is 0 Å². The molecule has 0 N–H and O–H groups in total. The first-order chi connectivity index (χ1) is 10.1. The molecule has 5 nitrogen and oxygen atoms in total. The van der Waals surface area contributed by atoms with E-state index >= 15 is 0 Å². The maximum Gasteiger partial charge on any atom is 0.320 e. The standard InChI is InChI=1S/C16H22N2O3/c1-4-8-18(12-16(19)21-5-2)11-14-9-13(10-17)6-7-15(14)20-3/h6-7,9H,4-5,8,11-12H2,1-3H3. The fraction of sp³-hybridized carbons (Fsp3) is 0.500. The summed E-state index contributed by atoms with van der Waals surface area (Å²) in [5, 5.41) is 9.00. The predicted molar refractivity (Wildman–Crippen MR) is 79.9 cm³/mol. The van der Waals surface area contributed by atoms with Crippen molar-refractivity contribution in [3.05, 3.63) is 29.3 Å². The maximum atomic E-state index is 11.6. The number of nitriles is 1. The molecule has 0 amide bonds. The molecular formula is C16H22N2O3. The number of carbonyl (C=O) groups excluding carboxylic acids is 1. The summed E-state index contributed by atoms with van der Waals surface area (Å²) in [5.41, 5.74) is 1.48. The maximum absolute atomic E-state index is 11.6. The van der Waals surface area contributed by atoms with Crippen molar-refractivity contribution in [2.75, 3.05) is 26.8 Å². The summed E-state index contributed by atoms with van der Waals surface area (Å²) in [5.74, 6) is 0.486. The van der Waals surface area contributed by atoms with Crippen LogP contribution in [0.15, 0.2) is 18.2 Å². The summed E-state index contributed by atoms with van der Waals surface area (Å²) in [4.78, 5) is 13.6. The Morgan fingerprint density at radius 2 is 2.14 bits per heavy atom. The molecule has 1 aromatic rings. The van der Waals surface area contributed by atoms with E-state index in [2.05, 4.69) is 13.0 Å². The first-order valence-electron chi connectivity index (χ1n) is 7.09. The summed E-state index contributed by atoms with van der Waals surface area (Å²) in [6.07, 6.45) is 0.930. The molecule has 0 heterocycles. The smallest absolute Gasteiger partial charge is 0.320 e. The number of benzene rings is 1. The summed E-state index contributed by atoms with van der Waals surface area (Å²) >= 11 is 0. The van der Waals surface area contributed by atoms with Crippen molar-refractivity contribution in [2.24, 2.45) is 0 Å². The van der Waals surface area contributed by atoms with Gasteiger partial charge in [0.1, 0.15) is 5.75 Å². The molecule has 0 bridgehead atoms. The lowest BCUT2D eigenvalue weighted by atomic mass is 10.1. The number of hydrogen-bond donors (Lipinski definition) is 0. The predicted octanol–water partition coefficient (Wildman–Crippen LogP) is 2.34. The van der Waals surface area contributed by atoms with Gasteiger partial charge in [0.15, 0.2) is 0 Å². The highest BCUT2D eigenvalue weighted by Gasteiger charge is 2.14. The van der Waals surface area contributed by atoms with Crippen LogP contribution in [-0.2, 0) is 16.1 Å². The van der Waals surface area contributed by atoms with Crippen LogP contribution in [0.3, 0.4) is 0 Å². The van der Waals surface area contributed by atoms with E-state index in [1.165, 1.54) is 0 Å². The molecule has 0 aliphatic carbocycles. The number of ether oxygens (including phenoxy) is 2. The van der Waals surface area contributed by atoms with Crippen molar-refractivity contribution in [1.82, 2.24) is 4.90 Å². The Bertz CT molecular complexity index is 509. The van der Waals surface area contributed by atoms with Crippen LogP contribution in [0.4, 0.5) is 0 Å². The molecule has 1 rings (SSSR count). The third-order valence-electron chi connectivity index (χ3n) is 3.00. The Morgan fingerprint density at radius 3 is 2.71 bits per heavy atom. The fourth-order valence-electron chi connectivity index (χ4n) is 2.13. The Labute approximate surface area is 126 Å². The van der Waals surface area contributed by atoms with Crippen LogP contribution in [0.1, 0.15) is 31.4 Å². The Kier molecular flexibility index (Phi) is 7.27. The van der Waals surface area contributed by atoms with Gasteiger partial charge in [-0.2, -0.15) is 5.26 Å². The van der Waals surface area contributed by atoms with Gasteiger partial charge in [0.2, 0.25) is 0 Å². The SMILES string of the molecule is CCCN(CC(=O)OCC)Cc1cc(C#N)ccc1OC. The number of rotatable bonds is 8. The highest BCUT2D eigenvalue weighted by molar-refractivity contribution is 5.71. The van der Waals surface area contributed by atoms with Crippen LogP contribution >= 0.6 is 0 Å². The second-order valence-electron chi connectivity index (χ2n) is 4.65. The number of hydrogen-bond acceptors (Lipinski definition) is 5. The number of carbonyl (C=O) groups is 1. The highest BCUT2D eigenvalue weighted by atomic mass is 16.5. The van der Waals surface area contributed by atoms with E-state index in [1.807, 2.05) is 4.90 Å². The van der Waals surface area contributed by atoms with Crippen LogP contribution in [0.5, 0.6) is 5.75 Å². The van der Waals surface area contributed by atoms with Crippen molar-refractivity contribution in [2.45, 2.75) is 26.8 Å². The summed E-state index contributed by atoms with van der Waals surface area (Å²) in [6, 6.07) is 7.42. The van der Waals surface area contributed by atoms with Crippen LogP contribution in [0.2, 0.25) is 0 Å². The Hall–Kier alpha value is -2.06. The van der Waals surface area contributed by atoms with Crippen LogP contribution in [-0.4, -0.2) is 37.7 Å². The van der Waals surface area contributed by atoms with Crippen molar-refractivity contribution < 1.29 is 14.3 Å². The molecule has 21 heavy (non-hydrogen) atoms. The molecule has 0 radical (unpaired) electrons. The lowest BCUT2D eigenvalue weighted by Gasteiger charge is -2.21. The zero-order valence-electron chi connectivity index (χ0n) is 12.9. The quantitative estimate of drug-likeness (QED) is 0.688. The van der Waals surface area contributed by atoms with Crippen molar-refractivity contribution in [3.8, 4) is 11.8 Å². The van der Waals surface area contributed by atoms with E-state index in [1.54, 1.807) is 32.2 Å². The fourth-order valence-corrected chi connectivity index (χ4v) is 2.13. The van der Waals surface area contributed by atoms with Gasteiger partial charge in [-0.25, -0.2) is 0 Å². The highest BCUT2D eigenvalue weighted by Crippen LogP contribution is 2.21. The molecule has 0 aliphatic heterocycles. The summed E-state index contributed by atoms with van der Waals surface area (Å²) in [6.45, 7) is 5.79. The second-order valence-corrected chi connectivity index (χ2v) is 4.65. The van der Waals surface area contributed by atoms with Gasteiger partial charge < -0.3 is 9.47 Å². The summed E-state index contributed by atoms with van der Waals surface area (Å²) < 4.78 is 10.3. The minimum atomic E-state index is -0.235. The first kappa shape index (κ1) is 17.0. The molecule has 0 aliphatic rings. The second kappa shape index (κ2) is 8.98. The van der Waals surface area contributed by atoms with Crippen LogP contribution < -0.4 is 4.74 Å². The molecule has 1 aromatic carbocycles. The third kappa shape index (κ3) is 5.44. The molecule has 0 saturated heterocycles. The van der Waals surface area contributed by atoms with Gasteiger partial charge in [0.25, 0.3) is 0 Å². The van der Waals surface area contributed by atoms with E-state index in [9.17, 15) is 4.79 Å². The number of esters is 1. The van der Waals surface area contributed by atoms with Gasteiger partial charge in [-0.3, -0.25) is 9.69 Å². The van der Waals surface area contributed by atoms with E-state index in [0.717, 1.165) is 24.3 Å². The Balaban J connectivity index is 2.87. The van der Waals surface area contributed by atoms with E-state index in [-0.39, 0.29) is 12.5 Å². The van der Waals surface area contributed by atoms with Crippen molar-refractivity contribution in [1.29, 1.82) is 5.26 Å². The Morgan fingerprint density at radius 1 is 1.38 bits per heavy atom. The summed E-state index contributed by atoms with van der Waals surface area (Å²) in [7, 11) is 1.60. The van der Waals surface area contributed by atoms with Crippen molar-refractivity contribution >= 4 is 5.97 Å². The molecular weight excluding hydrogens is 268 g/mol. The van der Waals surface area contributed by atoms with Gasteiger partial charge in [-0.1, -0.05) is 6.92 Å². The van der Waals surface area contributed by atoms with Gasteiger partial charge >= 0.3 is 5.97 Å². The lowest BCUT2D eigenvalue weighted by Crippen LogP contribution is -2.31. The first-order valence-corrected chi connectivity index (χ1v) is 7.09. The molecule has 114 valence electrons. The molecule has 0 aromatic heterocycles. The van der Waals surface area contributed by atoms with Crippen LogP contribution in [0, 0.1) is 11.3 Å². The van der Waals surface area contributed by atoms with Gasteiger partial charge in [0.05, 0.1) is 31.9 Å². The monoisotopic (exact) mass is 290 g/mol. The van der Waals surface area contributed by atoms with Gasteiger partial charge in [-0.15, -0.1) is 0 Å². The molecule has 0 atom stereocenters. The van der Waals surface area contributed by atoms with E-state index in [4.69, 9.17) is 14.7 Å². The van der Waals surface area contributed by atoms with Crippen LogP contribution in [0.25, 0.3) is 0 Å². The minimum Gasteiger partial charge on any atom is -0.496 e. The third-order valence-corrected chi connectivity index (χ3v) is 3.00. The van der Waals surface area contributed by atoms with Gasteiger partial charge in [-0.05, 0) is 38.1 Å². The van der Waals surface area contributed by atoms with E-state index < -0.39 is 0 Å². The molecule has 0 unspecified atom stereocenters. The zero-order chi connectivity index (χ0) is 15.7. The van der Waals surface area contributed by atoms with Gasteiger partial charge in [0, 0.05) is 12.1 Å². The largest absolute Gasteiger partial charge is 0.496 e. The number of methoxy groups -OCH3 is 1. The average molecular weight is 290 g/mol. The molecule has 0 fully saturated rings. The topological polar surface area (TPSA) is 62.6 Å². The molecule has 0 spiro atoms. The zero-order valence-corrected chi connectivity index (χ0v) is 12.9. The minimum absolute atomic E-state index is 0.235. The normalized spacial score (nSPS) is 10.2. The average Bonchev–Trinajstić information content (AvgIpc) is 2.47. The molecule has 0 saturated carbocycles. The molecule has 5 heteroatoms. The lowest BCUT2D eigenvalue weighted by molar-refractivity contribution is -0.144.